The van der Waals surface area contributed by atoms with Gasteiger partial charge in [0, 0.05) is 6.20 Å². The lowest BCUT2D eigenvalue weighted by atomic mass is 10.1. The third-order valence-corrected chi connectivity index (χ3v) is 2.65. The maximum atomic E-state index is 11.4. The largest absolute Gasteiger partial charge is 0.319 e. The molecule has 0 spiro atoms. The van der Waals surface area contributed by atoms with Crippen LogP contribution >= 0.6 is 11.5 Å². The van der Waals surface area contributed by atoms with Crippen LogP contribution in [-0.4, -0.2) is 15.7 Å². The van der Waals surface area contributed by atoms with E-state index in [1.165, 1.54) is 11.5 Å². The Kier molecular flexibility index (Phi) is 1.34. The summed E-state index contributed by atoms with van der Waals surface area (Å²) in [4.78, 5) is 12.1. The van der Waals surface area contributed by atoms with Gasteiger partial charge in [-0.1, -0.05) is 0 Å². The van der Waals surface area contributed by atoms with E-state index in [0.717, 1.165) is 12.8 Å². The highest BCUT2D eigenvalue weighted by molar-refractivity contribution is 7.08. The Bertz CT molecular complexity index is 277. The smallest absolute Gasteiger partial charge is 0.194 e. The van der Waals surface area contributed by atoms with Crippen molar-refractivity contribution >= 4 is 17.3 Å². The van der Waals surface area contributed by atoms with Gasteiger partial charge in [0.2, 0.25) is 0 Å². The molecule has 1 fully saturated rings. The summed E-state index contributed by atoms with van der Waals surface area (Å²) in [7, 11) is 0. The molecule has 0 bridgehead atoms. The van der Waals surface area contributed by atoms with Gasteiger partial charge in [0.1, 0.15) is 0 Å². The number of ketones is 1. The third kappa shape index (κ3) is 1.08. The van der Waals surface area contributed by atoms with E-state index in [4.69, 9.17) is 5.73 Å². The van der Waals surface area contributed by atoms with Crippen molar-refractivity contribution in [2.45, 2.75) is 18.4 Å². The Morgan fingerprint density at radius 2 is 2.45 bits per heavy atom. The number of hydrogen-bond donors (Lipinski definition) is 1. The van der Waals surface area contributed by atoms with Crippen LogP contribution in [-0.2, 0) is 0 Å². The van der Waals surface area contributed by atoms with Crippen molar-refractivity contribution in [2.75, 3.05) is 0 Å². The molecule has 58 valence electrons. The summed E-state index contributed by atoms with van der Waals surface area (Å²) in [5.41, 5.74) is 5.18. The van der Waals surface area contributed by atoms with Gasteiger partial charge in [0.25, 0.3) is 0 Å². The second-order valence-electron chi connectivity index (χ2n) is 2.86. The highest BCUT2D eigenvalue weighted by atomic mass is 32.1. The number of nitrogens with zero attached hydrogens (tertiary/aromatic N) is 1. The summed E-state index contributed by atoms with van der Waals surface area (Å²) in [6.07, 6.45) is 3.27. The minimum absolute atomic E-state index is 0.0556. The van der Waals surface area contributed by atoms with Crippen LogP contribution in [0.1, 0.15) is 22.5 Å². The Morgan fingerprint density at radius 1 is 1.73 bits per heavy atom. The predicted molar refractivity (Wildman–Crippen MR) is 42.6 cm³/mol. The van der Waals surface area contributed by atoms with E-state index < -0.39 is 5.54 Å². The molecule has 1 aliphatic rings. The monoisotopic (exact) mass is 168 g/mol. The third-order valence-electron chi connectivity index (χ3n) is 1.90. The van der Waals surface area contributed by atoms with E-state index in [1.54, 1.807) is 12.3 Å². The van der Waals surface area contributed by atoms with Gasteiger partial charge in [0.05, 0.1) is 10.4 Å². The van der Waals surface area contributed by atoms with Gasteiger partial charge in [-0.3, -0.25) is 4.79 Å². The molecule has 1 saturated carbocycles. The lowest BCUT2D eigenvalue weighted by Crippen LogP contribution is -2.32. The number of Topliss-reactive ketones (excluding diaryl/α,β-unsaturated/α-hetero) is 1. The van der Waals surface area contributed by atoms with Crippen LogP contribution in [0.25, 0.3) is 0 Å². The highest BCUT2D eigenvalue weighted by Crippen LogP contribution is 2.36. The summed E-state index contributed by atoms with van der Waals surface area (Å²) < 4.78 is 3.85. The zero-order valence-electron chi connectivity index (χ0n) is 5.91. The van der Waals surface area contributed by atoms with Crippen molar-refractivity contribution in [1.29, 1.82) is 0 Å². The van der Waals surface area contributed by atoms with E-state index in [2.05, 4.69) is 4.37 Å². The summed E-state index contributed by atoms with van der Waals surface area (Å²) >= 11 is 1.22. The second-order valence-corrected chi connectivity index (χ2v) is 3.70. The summed E-state index contributed by atoms with van der Waals surface area (Å²) in [5, 5.41) is 0. The first-order valence-electron chi connectivity index (χ1n) is 3.47. The van der Waals surface area contributed by atoms with E-state index in [1.807, 2.05) is 0 Å². The molecule has 0 atom stereocenters. The SMILES string of the molecule is NC1(C(=O)c2ccns2)CC1. The van der Waals surface area contributed by atoms with Gasteiger partial charge < -0.3 is 5.73 Å². The Balaban J connectivity index is 2.24. The van der Waals surface area contributed by atoms with Crippen molar-refractivity contribution in [1.82, 2.24) is 4.37 Å². The molecule has 2 rings (SSSR count). The number of carbonyl (C=O) groups excluding carboxylic acids is 1. The molecule has 0 aliphatic heterocycles. The molecular formula is C7H8N2OS. The van der Waals surface area contributed by atoms with Gasteiger partial charge in [0.15, 0.2) is 5.78 Å². The van der Waals surface area contributed by atoms with Gasteiger partial charge in [-0.05, 0) is 30.4 Å². The quantitative estimate of drug-likeness (QED) is 0.665. The summed E-state index contributed by atoms with van der Waals surface area (Å²) in [5.74, 6) is 0.0556. The first kappa shape index (κ1) is 6.94. The average Bonchev–Trinajstić information content (AvgIpc) is 2.54. The van der Waals surface area contributed by atoms with Crippen LogP contribution < -0.4 is 5.73 Å². The lowest BCUT2D eigenvalue weighted by Gasteiger charge is -2.02. The van der Waals surface area contributed by atoms with Crippen LogP contribution in [0.4, 0.5) is 0 Å². The van der Waals surface area contributed by atoms with Crippen molar-refractivity contribution in [3.05, 3.63) is 17.1 Å². The molecule has 1 heterocycles. The van der Waals surface area contributed by atoms with Gasteiger partial charge in [-0.15, -0.1) is 0 Å². The van der Waals surface area contributed by atoms with Crippen LogP contribution in [0.5, 0.6) is 0 Å². The number of nitrogens with two attached hydrogens (primary N) is 1. The van der Waals surface area contributed by atoms with Gasteiger partial charge in [-0.25, -0.2) is 4.37 Å². The minimum atomic E-state index is -0.535. The van der Waals surface area contributed by atoms with Crippen LogP contribution in [0, 0.1) is 0 Å². The predicted octanol–water partition coefficient (Wildman–Crippen LogP) is 0.817. The summed E-state index contributed by atoms with van der Waals surface area (Å²) in [6.45, 7) is 0. The zero-order valence-corrected chi connectivity index (χ0v) is 6.73. The summed E-state index contributed by atoms with van der Waals surface area (Å²) in [6, 6.07) is 1.72. The molecule has 0 aromatic carbocycles. The molecule has 2 N–H and O–H groups in total. The molecule has 0 radical (unpaired) electrons. The number of hydrogen-bond acceptors (Lipinski definition) is 4. The van der Waals surface area contributed by atoms with Gasteiger partial charge >= 0.3 is 0 Å². The van der Waals surface area contributed by atoms with Crippen LogP contribution in [0.3, 0.4) is 0 Å². The van der Waals surface area contributed by atoms with Crippen molar-refractivity contribution in [3.8, 4) is 0 Å². The Labute approximate surface area is 68.4 Å². The zero-order chi connectivity index (χ0) is 7.90. The fourth-order valence-corrected chi connectivity index (χ4v) is 1.58. The average molecular weight is 168 g/mol. The molecule has 0 amide bonds. The highest BCUT2D eigenvalue weighted by Gasteiger charge is 2.46. The number of aromatic nitrogens is 1. The molecule has 0 saturated heterocycles. The normalized spacial score (nSPS) is 19.7. The van der Waals surface area contributed by atoms with Crippen LogP contribution in [0.2, 0.25) is 0 Å². The molecule has 4 heteroatoms. The van der Waals surface area contributed by atoms with Crippen molar-refractivity contribution in [2.24, 2.45) is 5.73 Å². The van der Waals surface area contributed by atoms with Crippen molar-refractivity contribution < 1.29 is 4.79 Å². The van der Waals surface area contributed by atoms with E-state index in [9.17, 15) is 4.79 Å². The molecule has 0 unspecified atom stereocenters. The lowest BCUT2D eigenvalue weighted by molar-refractivity contribution is 0.0953. The van der Waals surface area contributed by atoms with Gasteiger partial charge in [-0.2, -0.15) is 0 Å². The second kappa shape index (κ2) is 2.12. The van der Waals surface area contributed by atoms with Crippen molar-refractivity contribution in [3.63, 3.8) is 0 Å². The van der Waals surface area contributed by atoms with E-state index >= 15 is 0 Å². The molecular weight excluding hydrogens is 160 g/mol. The standard InChI is InChI=1S/C7H8N2OS/c8-7(2-3-7)6(10)5-1-4-9-11-5/h1,4H,2-3,8H2. The maximum Gasteiger partial charge on any atom is 0.194 e. The molecule has 3 nitrogen and oxygen atoms in total. The minimum Gasteiger partial charge on any atom is -0.319 e. The topological polar surface area (TPSA) is 56.0 Å². The molecule has 11 heavy (non-hydrogen) atoms. The Hall–Kier alpha value is -0.740. The number of carbonyl (C=O) groups is 1. The fraction of sp³-hybridized carbons (Fsp3) is 0.429. The number of rotatable bonds is 2. The first-order valence-corrected chi connectivity index (χ1v) is 4.24. The first-order chi connectivity index (χ1) is 5.22. The fourth-order valence-electron chi connectivity index (χ4n) is 0.940. The maximum absolute atomic E-state index is 11.4. The van der Waals surface area contributed by atoms with Crippen LogP contribution in [0.15, 0.2) is 12.3 Å². The Morgan fingerprint density at radius 3 is 2.91 bits per heavy atom. The molecule has 1 aromatic rings. The molecule has 1 aliphatic carbocycles. The van der Waals surface area contributed by atoms with E-state index in [0.29, 0.717) is 4.88 Å². The van der Waals surface area contributed by atoms with E-state index in [-0.39, 0.29) is 5.78 Å². The molecule has 1 aromatic heterocycles.